The average Bonchev–Trinajstić information content (AvgIpc) is 2.96. The Morgan fingerprint density at radius 3 is 3.00 bits per heavy atom. The molecule has 1 aliphatic rings. The monoisotopic (exact) mass is 265 g/mol. The van der Waals surface area contributed by atoms with Crippen LogP contribution in [0.4, 0.5) is 0 Å². The molecule has 2 rings (SSSR count). The van der Waals surface area contributed by atoms with Gasteiger partial charge in [0.15, 0.2) is 0 Å². The van der Waals surface area contributed by atoms with Crippen LogP contribution in [0.25, 0.3) is 0 Å². The van der Waals surface area contributed by atoms with Crippen LogP contribution < -0.4 is 10.1 Å². The molecular formula is C14H23N3O2. The lowest BCUT2D eigenvalue weighted by Crippen LogP contribution is -2.24. The molecule has 5 heteroatoms. The summed E-state index contributed by atoms with van der Waals surface area (Å²) in [6, 6.07) is 0.179. The minimum absolute atomic E-state index is 0.179. The summed E-state index contributed by atoms with van der Waals surface area (Å²) in [5.74, 6) is 0.612. The van der Waals surface area contributed by atoms with Crippen LogP contribution in [0.2, 0.25) is 0 Å². The van der Waals surface area contributed by atoms with Gasteiger partial charge in [0.1, 0.15) is 5.69 Å². The second-order valence-corrected chi connectivity index (χ2v) is 4.77. The van der Waals surface area contributed by atoms with Crippen molar-refractivity contribution < 1.29 is 9.47 Å². The van der Waals surface area contributed by atoms with Crippen LogP contribution in [0.3, 0.4) is 0 Å². The highest BCUT2D eigenvalue weighted by molar-refractivity contribution is 5.21. The van der Waals surface area contributed by atoms with Crippen molar-refractivity contribution in [3.63, 3.8) is 0 Å². The van der Waals surface area contributed by atoms with Gasteiger partial charge in [0.25, 0.3) is 0 Å². The van der Waals surface area contributed by atoms with Gasteiger partial charge in [-0.1, -0.05) is 6.92 Å². The molecule has 5 nitrogen and oxygen atoms in total. The highest BCUT2D eigenvalue weighted by atomic mass is 16.5. The van der Waals surface area contributed by atoms with E-state index in [1.165, 1.54) is 12.8 Å². The topological polar surface area (TPSA) is 56.3 Å². The molecule has 19 heavy (non-hydrogen) atoms. The number of nitrogens with zero attached hydrogens (tertiary/aromatic N) is 2. The van der Waals surface area contributed by atoms with E-state index in [1.807, 2.05) is 0 Å². The number of methoxy groups -OCH3 is 1. The quantitative estimate of drug-likeness (QED) is 0.818. The van der Waals surface area contributed by atoms with Gasteiger partial charge in [-0.25, -0.2) is 4.98 Å². The van der Waals surface area contributed by atoms with Gasteiger partial charge in [-0.3, -0.25) is 4.98 Å². The van der Waals surface area contributed by atoms with Crippen molar-refractivity contribution in [3.8, 4) is 5.88 Å². The van der Waals surface area contributed by atoms with Crippen LogP contribution >= 0.6 is 0 Å². The summed E-state index contributed by atoms with van der Waals surface area (Å²) in [6.07, 6.45) is 8.19. The summed E-state index contributed by atoms with van der Waals surface area (Å²) >= 11 is 0. The summed E-state index contributed by atoms with van der Waals surface area (Å²) in [5, 5.41) is 3.46. The van der Waals surface area contributed by atoms with E-state index in [0.717, 1.165) is 31.7 Å². The Bertz CT molecular complexity index is 381. The molecule has 0 bridgehead atoms. The lowest BCUT2D eigenvalue weighted by Gasteiger charge is -2.20. The van der Waals surface area contributed by atoms with E-state index in [0.29, 0.717) is 12.0 Å². The predicted octanol–water partition coefficient (Wildman–Crippen LogP) is 2.09. The minimum atomic E-state index is 0.179. The maximum Gasteiger partial charge on any atom is 0.236 e. The maximum atomic E-state index is 5.68. The number of ether oxygens (including phenoxy) is 2. The molecular weight excluding hydrogens is 242 g/mol. The molecule has 0 aromatic carbocycles. The number of hydrogen-bond donors (Lipinski definition) is 1. The maximum absolute atomic E-state index is 5.68. The van der Waals surface area contributed by atoms with Gasteiger partial charge in [-0.2, -0.15) is 0 Å². The lowest BCUT2D eigenvalue weighted by atomic mass is 10.0. The summed E-state index contributed by atoms with van der Waals surface area (Å²) in [7, 11) is 1.64. The zero-order chi connectivity index (χ0) is 13.5. The highest BCUT2D eigenvalue weighted by Gasteiger charge is 2.21. The van der Waals surface area contributed by atoms with E-state index < -0.39 is 0 Å². The first-order chi connectivity index (χ1) is 9.35. The molecule has 2 unspecified atom stereocenters. The van der Waals surface area contributed by atoms with Gasteiger partial charge in [0, 0.05) is 19.0 Å². The molecule has 0 spiro atoms. The molecule has 0 amide bonds. The first kappa shape index (κ1) is 14.2. The third-order valence-electron chi connectivity index (χ3n) is 3.47. The molecule has 0 saturated carbocycles. The summed E-state index contributed by atoms with van der Waals surface area (Å²) < 4.78 is 11.0. The van der Waals surface area contributed by atoms with Gasteiger partial charge in [-0.05, 0) is 32.2 Å². The van der Waals surface area contributed by atoms with Gasteiger partial charge < -0.3 is 14.8 Å². The molecule has 1 N–H and O–H groups in total. The SMILES string of the molecule is CCNC(CCC1CCCO1)c1nccnc1OC. The number of aromatic nitrogens is 2. The molecule has 2 atom stereocenters. The Morgan fingerprint density at radius 1 is 1.47 bits per heavy atom. The summed E-state index contributed by atoms with van der Waals surface area (Å²) in [4.78, 5) is 8.65. The summed E-state index contributed by atoms with van der Waals surface area (Å²) in [6.45, 7) is 3.91. The third kappa shape index (κ3) is 3.88. The Morgan fingerprint density at radius 2 is 2.32 bits per heavy atom. The zero-order valence-corrected chi connectivity index (χ0v) is 11.8. The second-order valence-electron chi connectivity index (χ2n) is 4.77. The van der Waals surface area contributed by atoms with Gasteiger partial charge >= 0.3 is 0 Å². The van der Waals surface area contributed by atoms with Crippen molar-refractivity contribution in [1.29, 1.82) is 0 Å². The van der Waals surface area contributed by atoms with Crippen LogP contribution in [-0.4, -0.2) is 36.3 Å². The highest BCUT2D eigenvalue weighted by Crippen LogP contribution is 2.26. The molecule has 1 fully saturated rings. The first-order valence-corrected chi connectivity index (χ1v) is 7.05. The number of hydrogen-bond acceptors (Lipinski definition) is 5. The fourth-order valence-electron chi connectivity index (χ4n) is 2.54. The molecule has 1 aromatic rings. The van der Waals surface area contributed by atoms with Crippen LogP contribution in [-0.2, 0) is 4.74 Å². The van der Waals surface area contributed by atoms with Crippen molar-refractivity contribution in [2.75, 3.05) is 20.3 Å². The van der Waals surface area contributed by atoms with Crippen molar-refractivity contribution in [2.45, 2.75) is 44.8 Å². The number of rotatable bonds is 7. The van der Waals surface area contributed by atoms with Gasteiger partial charge in [0.05, 0.1) is 19.3 Å². The fourth-order valence-corrected chi connectivity index (χ4v) is 2.54. The molecule has 0 aliphatic carbocycles. The predicted molar refractivity (Wildman–Crippen MR) is 73.2 cm³/mol. The molecule has 106 valence electrons. The number of nitrogens with one attached hydrogen (secondary N) is 1. The van der Waals surface area contributed by atoms with E-state index in [4.69, 9.17) is 9.47 Å². The molecule has 1 saturated heterocycles. The van der Waals surface area contributed by atoms with E-state index >= 15 is 0 Å². The Hall–Kier alpha value is -1.20. The molecule has 2 heterocycles. The van der Waals surface area contributed by atoms with Crippen LogP contribution in [0.5, 0.6) is 5.88 Å². The first-order valence-electron chi connectivity index (χ1n) is 7.05. The Kier molecular flexibility index (Phi) is 5.54. The van der Waals surface area contributed by atoms with E-state index in [9.17, 15) is 0 Å². The third-order valence-corrected chi connectivity index (χ3v) is 3.47. The standard InChI is InChI=1S/C14H23N3O2/c1-3-15-12(7-6-11-5-4-10-19-11)13-14(18-2)17-9-8-16-13/h8-9,11-12,15H,3-7,10H2,1-2H3. The largest absolute Gasteiger partial charge is 0.480 e. The zero-order valence-electron chi connectivity index (χ0n) is 11.8. The summed E-state index contributed by atoms with van der Waals surface area (Å²) in [5.41, 5.74) is 0.893. The van der Waals surface area contributed by atoms with E-state index in [-0.39, 0.29) is 6.04 Å². The Balaban J connectivity index is 2.01. The second kappa shape index (κ2) is 7.40. The van der Waals surface area contributed by atoms with Gasteiger partial charge in [0.2, 0.25) is 5.88 Å². The van der Waals surface area contributed by atoms with Crippen LogP contribution in [0, 0.1) is 0 Å². The van der Waals surface area contributed by atoms with Crippen LogP contribution in [0.1, 0.15) is 44.3 Å². The minimum Gasteiger partial charge on any atom is -0.480 e. The molecule has 1 aromatic heterocycles. The van der Waals surface area contributed by atoms with Crippen LogP contribution in [0.15, 0.2) is 12.4 Å². The average molecular weight is 265 g/mol. The fraction of sp³-hybridized carbons (Fsp3) is 0.714. The molecule has 1 aliphatic heterocycles. The van der Waals surface area contributed by atoms with E-state index in [1.54, 1.807) is 19.5 Å². The van der Waals surface area contributed by atoms with Crippen molar-refractivity contribution in [3.05, 3.63) is 18.1 Å². The van der Waals surface area contributed by atoms with Gasteiger partial charge in [-0.15, -0.1) is 0 Å². The smallest absolute Gasteiger partial charge is 0.236 e. The van der Waals surface area contributed by atoms with Crippen molar-refractivity contribution >= 4 is 0 Å². The molecule has 0 radical (unpaired) electrons. The Labute approximate surface area is 114 Å². The van der Waals surface area contributed by atoms with Crippen molar-refractivity contribution in [2.24, 2.45) is 0 Å². The van der Waals surface area contributed by atoms with Crippen molar-refractivity contribution in [1.82, 2.24) is 15.3 Å². The normalized spacial score (nSPS) is 20.4. The van der Waals surface area contributed by atoms with E-state index in [2.05, 4.69) is 22.2 Å². The lowest BCUT2D eigenvalue weighted by molar-refractivity contribution is 0.0994.